The van der Waals surface area contributed by atoms with E-state index in [2.05, 4.69) is 19.6 Å². The van der Waals surface area contributed by atoms with Crippen LogP contribution in [0.25, 0.3) is 11.3 Å². The van der Waals surface area contributed by atoms with E-state index in [1.54, 1.807) is 7.11 Å². The highest BCUT2D eigenvalue weighted by atomic mass is 32.1. The van der Waals surface area contributed by atoms with Crippen LogP contribution in [0.2, 0.25) is 0 Å². The summed E-state index contributed by atoms with van der Waals surface area (Å²) in [6.45, 7) is 2.83. The van der Waals surface area contributed by atoms with Crippen molar-refractivity contribution in [1.82, 2.24) is 4.57 Å². The monoisotopic (exact) mass is 303 g/mol. The summed E-state index contributed by atoms with van der Waals surface area (Å²) < 4.78 is 7.27. The van der Waals surface area contributed by atoms with Gasteiger partial charge in [0.05, 0.1) is 12.8 Å². The van der Waals surface area contributed by atoms with E-state index in [-0.39, 0.29) is 5.56 Å². The number of methoxy groups -OCH3 is 1. The van der Waals surface area contributed by atoms with Crippen LogP contribution in [0.1, 0.15) is 25.3 Å². The van der Waals surface area contributed by atoms with Crippen LogP contribution in [0.5, 0.6) is 5.75 Å². The average Bonchev–Trinajstić information content (AvgIpc) is 2.53. The molecule has 0 aliphatic carbocycles. The smallest absolute Gasteiger partial charge is 0.255 e. The van der Waals surface area contributed by atoms with Crippen LogP contribution in [-0.2, 0) is 12.3 Å². The van der Waals surface area contributed by atoms with E-state index in [1.165, 1.54) is 0 Å². The minimum absolute atomic E-state index is 0.0434. The molecule has 0 atom stereocenters. The Kier molecular flexibility index (Phi) is 5.51. The maximum atomic E-state index is 12.6. The highest BCUT2D eigenvalue weighted by Crippen LogP contribution is 2.29. The molecule has 0 unspecified atom stereocenters. The van der Waals surface area contributed by atoms with Gasteiger partial charge in [-0.25, -0.2) is 0 Å². The van der Waals surface area contributed by atoms with Gasteiger partial charge in [-0.3, -0.25) is 4.79 Å². The van der Waals surface area contributed by atoms with Gasteiger partial charge in [-0.15, -0.1) is 0 Å². The summed E-state index contributed by atoms with van der Waals surface area (Å²) >= 11 is 4.24. The number of pyridine rings is 1. The predicted molar refractivity (Wildman–Crippen MR) is 90.3 cm³/mol. The second kappa shape index (κ2) is 7.36. The molecule has 0 saturated carbocycles. The van der Waals surface area contributed by atoms with Crippen molar-refractivity contribution in [2.24, 2.45) is 0 Å². The molecule has 4 heteroatoms. The minimum Gasteiger partial charge on any atom is -0.496 e. The van der Waals surface area contributed by atoms with Crippen LogP contribution in [-0.4, -0.2) is 11.7 Å². The molecule has 112 valence electrons. The number of thiol groups is 1. The number of hydrogen-bond donors (Lipinski definition) is 1. The molecule has 1 aromatic heterocycles. The van der Waals surface area contributed by atoms with Gasteiger partial charge in [0.15, 0.2) is 0 Å². The fourth-order valence-electron chi connectivity index (χ4n) is 2.37. The Morgan fingerprint density at radius 1 is 1.19 bits per heavy atom. The largest absolute Gasteiger partial charge is 0.496 e. The molecule has 1 heterocycles. The molecule has 3 nitrogen and oxygen atoms in total. The van der Waals surface area contributed by atoms with Crippen LogP contribution < -0.4 is 10.3 Å². The summed E-state index contributed by atoms with van der Waals surface area (Å²) in [6, 6.07) is 11.6. The fourth-order valence-corrected chi connectivity index (χ4v) is 2.61. The molecule has 0 amide bonds. The third kappa shape index (κ3) is 3.32. The van der Waals surface area contributed by atoms with Crippen molar-refractivity contribution in [2.45, 2.75) is 32.1 Å². The highest BCUT2D eigenvalue weighted by Gasteiger charge is 2.12. The Morgan fingerprint density at radius 2 is 1.95 bits per heavy atom. The van der Waals surface area contributed by atoms with Crippen molar-refractivity contribution in [3.05, 3.63) is 52.3 Å². The standard InChI is InChI=1S/C17H21NO2S/c1-3-4-11-18-15(10-9-13(12-21)17(18)19)14-7-5-6-8-16(14)20-2/h5-10,21H,3-4,11-12H2,1-2H3. The lowest BCUT2D eigenvalue weighted by atomic mass is 10.1. The maximum absolute atomic E-state index is 12.6. The molecular weight excluding hydrogens is 282 g/mol. The second-order valence-electron chi connectivity index (χ2n) is 4.91. The molecule has 0 aliphatic heterocycles. The Bertz CT molecular complexity index is 664. The number of aromatic nitrogens is 1. The Hall–Kier alpha value is -1.68. The van der Waals surface area contributed by atoms with Crippen LogP contribution in [0.15, 0.2) is 41.2 Å². The molecule has 0 fully saturated rings. The molecule has 0 bridgehead atoms. The first-order chi connectivity index (χ1) is 10.2. The fraction of sp³-hybridized carbons (Fsp3) is 0.353. The van der Waals surface area contributed by atoms with Gasteiger partial charge >= 0.3 is 0 Å². The number of rotatable bonds is 6. The summed E-state index contributed by atoms with van der Waals surface area (Å²) in [5.74, 6) is 1.23. The molecule has 0 radical (unpaired) electrons. The minimum atomic E-state index is 0.0434. The van der Waals surface area contributed by atoms with Crippen LogP contribution in [0, 0.1) is 0 Å². The van der Waals surface area contributed by atoms with Gasteiger partial charge < -0.3 is 9.30 Å². The molecule has 2 rings (SSSR count). The van der Waals surface area contributed by atoms with Crippen molar-refractivity contribution in [2.75, 3.05) is 7.11 Å². The molecule has 1 aromatic carbocycles. The maximum Gasteiger partial charge on any atom is 0.255 e. The average molecular weight is 303 g/mol. The quantitative estimate of drug-likeness (QED) is 0.824. The summed E-state index contributed by atoms with van der Waals surface area (Å²) in [5.41, 5.74) is 2.62. The lowest BCUT2D eigenvalue weighted by molar-refractivity contribution is 0.416. The summed E-state index contributed by atoms with van der Waals surface area (Å²) in [5, 5.41) is 0. The molecule has 0 saturated heterocycles. The Balaban J connectivity index is 2.62. The number of benzene rings is 1. The molecule has 21 heavy (non-hydrogen) atoms. The van der Waals surface area contributed by atoms with Crippen molar-refractivity contribution in [1.29, 1.82) is 0 Å². The van der Waals surface area contributed by atoms with Crippen molar-refractivity contribution >= 4 is 12.6 Å². The van der Waals surface area contributed by atoms with Gasteiger partial charge in [0.2, 0.25) is 0 Å². The third-order valence-corrected chi connectivity index (χ3v) is 3.88. The topological polar surface area (TPSA) is 31.2 Å². The van der Waals surface area contributed by atoms with E-state index < -0.39 is 0 Å². The van der Waals surface area contributed by atoms with Gasteiger partial charge in [-0.2, -0.15) is 12.6 Å². The number of ether oxygens (including phenoxy) is 1. The number of hydrogen-bond acceptors (Lipinski definition) is 3. The first-order valence-corrected chi connectivity index (χ1v) is 7.83. The molecule has 0 N–H and O–H groups in total. The number of para-hydroxylation sites is 1. The summed E-state index contributed by atoms with van der Waals surface area (Å²) in [7, 11) is 1.65. The van der Waals surface area contributed by atoms with E-state index >= 15 is 0 Å². The zero-order valence-electron chi connectivity index (χ0n) is 12.5. The van der Waals surface area contributed by atoms with E-state index in [0.717, 1.165) is 35.4 Å². The molecule has 0 aliphatic rings. The van der Waals surface area contributed by atoms with E-state index in [0.29, 0.717) is 12.3 Å². The van der Waals surface area contributed by atoms with Gasteiger partial charge in [0.1, 0.15) is 5.75 Å². The van der Waals surface area contributed by atoms with E-state index in [1.807, 2.05) is 41.0 Å². The molecule has 2 aromatic rings. The van der Waals surface area contributed by atoms with Crippen molar-refractivity contribution in [3.63, 3.8) is 0 Å². The van der Waals surface area contributed by atoms with Crippen molar-refractivity contribution < 1.29 is 4.74 Å². The molecule has 0 spiro atoms. The highest BCUT2D eigenvalue weighted by molar-refractivity contribution is 7.79. The van der Waals surface area contributed by atoms with Gasteiger partial charge in [-0.1, -0.05) is 31.5 Å². The van der Waals surface area contributed by atoms with E-state index in [4.69, 9.17) is 4.74 Å². The first-order valence-electron chi connectivity index (χ1n) is 7.19. The summed E-state index contributed by atoms with van der Waals surface area (Å²) in [4.78, 5) is 12.6. The third-order valence-electron chi connectivity index (χ3n) is 3.54. The van der Waals surface area contributed by atoms with Gasteiger partial charge in [0.25, 0.3) is 5.56 Å². The Labute approximate surface area is 131 Å². The zero-order valence-corrected chi connectivity index (χ0v) is 13.4. The van der Waals surface area contributed by atoms with Gasteiger partial charge in [-0.05, 0) is 24.6 Å². The normalized spacial score (nSPS) is 10.6. The lowest BCUT2D eigenvalue weighted by Crippen LogP contribution is -2.24. The molecular formula is C17H21NO2S. The van der Waals surface area contributed by atoms with Gasteiger partial charge in [0, 0.05) is 23.4 Å². The zero-order chi connectivity index (χ0) is 15.2. The second-order valence-corrected chi connectivity index (χ2v) is 5.23. The first kappa shape index (κ1) is 15.7. The predicted octanol–water partition coefficient (Wildman–Crippen LogP) is 3.75. The SMILES string of the molecule is CCCCn1c(-c2ccccc2OC)ccc(CS)c1=O. The van der Waals surface area contributed by atoms with Crippen LogP contribution in [0.3, 0.4) is 0 Å². The van der Waals surface area contributed by atoms with Crippen LogP contribution >= 0.6 is 12.6 Å². The van der Waals surface area contributed by atoms with Crippen molar-refractivity contribution in [3.8, 4) is 17.0 Å². The van der Waals surface area contributed by atoms with Crippen LogP contribution in [0.4, 0.5) is 0 Å². The van der Waals surface area contributed by atoms with E-state index in [9.17, 15) is 4.79 Å². The summed E-state index contributed by atoms with van der Waals surface area (Å²) in [6.07, 6.45) is 2.01. The lowest BCUT2D eigenvalue weighted by Gasteiger charge is -2.16. The number of nitrogens with zero attached hydrogens (tertiary/aromatic N) is 1. The Morgan fingerprint density at radius 3 is 2.62 bits per heavy atom. The number of unbranched alkanes of at least 4 members (excludes halogenated alkanes) is 1.